The number of amides is 3. The molecule has 0 aliphatic rings. The van der Waals surface area contributed by atoms with Crippen LogP contribution in [0.2, 0.25) is 0 Å². The lowest BCUT2D eigenvalue weighted by Crippen LogP contribution is -2.51. The van der Waals surface area contributed by atoms with E-state index in [2.05, 4.69) is 29.1 Å². The number of hydrogen-bond donors (Lipinski definition) is 4. The first kappa shape index (κ1) is 36.8. The van der Waals surface area contributed by atoms with Crippen molar-refractivity contribution in [3.8, 4) is 0 Å². The summed E-state index contributed by atoms with van der Waals surface area (Å²) in [6.45, 7) is 12.7. The van der Waals surface area contributed by atoms with Gasteiger partial charge in [-0.1, -0.05) is 93.6 Å². The zero-order valence-electron chi connectivity index (χ0n) is 26.5. The maximum Gasteiger partial charge on any atom is 0.408 e. The topological polar surface area (TPSA) is 143 Å². The Bertz CT molecular complexity index is 1240. The minimum absolute atomic E-state index is 0.0399. The highest BCUT2D eigenvalue weighted by Gasteiger charge is 2.32. The van der Waals surface area contributed by atoms with E-state index in [9.17, 15) is 24.3 Å². The number of nitrogens with one attached hydrogen (secondary N) is 3. The van der Waals surface area contributed by atoms with Crippen LogP contribution in [0.5, 0.6) is 0 Å². The van der Waals surface area contributed by atoms with E-state index < -0.39 is 47.4 Å². The highest BCUT2D eigenvalue weighted by Crippen LogP contribution is 2.22. The van der Waals surface area contributed by atoms with Crippen molar-refractivity contribution in [3.05, 3.63) is 97.1 Å². The highest BCUT2D eigenvalue weighted by atomic mass is 16.6. The summed E-state index contributed by atoms with van der Waals surface area (Å²) in [5.74, 6) is -2.20. The lowest BCUT2D eigenvalue weighted by Gasteiger charge is -2.32. The highest BCUT2D eigenvalue weighted by molar-refractivity contribution is 5.86. The molecule has 2 rings (SSSR count). The maximum atomic E-state index is 13.4. The summed E-state index contributed by atoms with van der Waals surface area (Å²) in [4.78, 5) is 51.6. The fraction of sp³-hybridized carbons (Fsp3) is 0.429. The van der Waals surface area contributed by atoms with E-state index in [4.69, 9.17) is 9.47 Å². The van der Waals surface area contributed by atoms with Crippen LogP contribution in [0.25, 0.3) is 0 Å². The summed E-state index contributed by atoms with van der Waals surface area (Å²) in [5, 5.41) is 18.1. The Balaban J connectivity index is 1.98. The first-order chi connectivity index (χ1) is 21.5. The van der Waals surface area contributed by atoms with E-state index in [0.29, 0.717) is 6.42 Å². The van der Waals surface area contributed by atoms with Gasteiger partial charge in [0, 0.05) is 6.42 Å². The van der Waals surface area contributed by atoms with Crippen molar-refractivity contribution < 1.29 is 33.8 Å². The summed E-state index contributed by atoms with van der Waals surface area (Å²) in [5.41, 5.74) is 1.24. The molecule has 4 atom stereocenters. The molecule has 2 aromatic rings. The van der Waals surface area contributed by atoms with Gasteiger partial charge in [-0.3, -0.25) is 9.59 Å². The molecule has 0 aromatic heterocycles. The molecule has 10 heteroatoms. The Morgan fingerprint density at radius 3 is 2.00 bits per heavy atom. The number of rotatable bonds is 18. The predicted molar refractivity (Wildman–Crippen MR) is 173 cm³/mol. The fourth-order valence-electron chi connectivity index (χ4n) is 4.41. The van der Waals surface area contributed by atoms with Gasteiger partial charge in [-0.15, -0.1) is 13.2 Å². The van der Waals surface area contributed by atoms with Crippen LogP contribution in [0.15, 0.2) is 86.0 Å². The van der Waals surface area contributed by atoms with Gasteiger partial charge in [0.25, 0.3) is 0 Å². The standard InChI is InChI=1S/C35H47N3O7/c1-6-14-27(21-31(40)36-28(22-39)20-25-16-10-8-11-17-25)32(41)38-30(35(3,4)5)24-44-33(42)29(15-7-2)37-34(43)45-23-26-18-12-9-13-19-26/h6-13,16-19,27-30,39H,1-2,14-15,20-24H2,3-5H3,(H,36,40)(H,37,43)(H,38,41)/t27-,28+,29-,30-/m1/s1. The normalized spacial score (nSPS) is 13.7. The lowest BCUT2D eigenvalue weighted by atomic mass is 9.86. The Morgan fingerprint density at radius 2 is 1.44 bits per heavy atom. The summed E-state index contributed by atoms with van der Waals surface area (Å²) in [6, 6.07) is 16.5. The van der Waals surface area contributed by atoms with E-state index >= 15 is 0 Å². The van der Waals surface area contributed by atoms with Gasteiger partial charge >= 0.3 is 12.1 Å². The molecule has 0 aliphatic heterocycles. The van der Waals surface area contributed by atoms with Crippen LogP contribution in [-0.2, 0) is 36.9 Å². The Hall–Kier alpha value is -4.44. The molecule has 0 fully saturated rings. The van der Waals surface area contributed by atoms with E-state index in [1.165, 1.54) is 6.08 Å². The molecule has 4 N–H and O–H groups in total. The molecule has 0 heterocycles. The number of esters is 1. The van der Waals surface area contributed by atoms with Gasteiger partial charge in [0.2, 0.25) is 11.8 Å². The molecular formula is C35H47N3O7. The van der Waals surface area contributed by atoms with Gasteiger partial charge in [-0.25, -0.2) is 9.59 Å². The molecule has 0 saturated carbocycles. The Kier molecular flexibility index (Phi) is 15.6. The third kappa shape index (κ3) is 13.8. The molecule has 3 amide bonds. The number of allylic oxidation sites excluding steroid dienone is 1. The van der Waals surface area contributed by atoms with Crippen LogP contribution in [-0.4, -0.2) is 60.3 Å². The number of hydrogen-bond acceptors (Lipinski definition) is 7. The van der Waals surface area contributed by atoms with E-state index in [0.717, 1.165) is 11.1 Å². The molecule has 244 valence electrons. The minimum Gasteiger partial charge on any atom is -0.462 e. The molecule has 45 heavy (non-hydrogen) atoms. The summed E-state index contributed by atoms with van der Waals surface area (Å²) in [7, 11) is 0. The van der Waals surface area contributed by atoms with Gasteiger partial charge in [-0.2, -0.15) is 0 Å². The summed E-state index contributed by atoms with van der Waals surface area (Å²) in [6.07, 6.45) is 2.97. The molecule has 0 bridgehead atoms. The molecule has 0 radical (unpaired) electrons. The molecular weight excluding hydrogens is 574 g/mol. The first-order valence-corrected chi connectivity index (χ1v) is 15.1. The average Bonchev–Trinajstić information content (AvgIpc) is 3.01. The molecule has 0 unspecified atom stereocenters. The van der Waals surface area contributed by atoms with E-state index in [1.54, 1.807) is 6.08 Å². The zero-order chi connectivity index (χ0) is 33.2. The Labute approximate surface area is 266 Å². The number of ether oxygens (including phenoxy) is 2. The van der Waals surface area contributed by atoms with Crippen molar-refractivity contribution in [2.45, 2.75) is 71.2 Å². The predicted octanol–water partition coefficient (Wildman–Crippen LogP) is 4.23. The van der Waals surface area contributed by atoms with Crippen LogP contribution < -0.4 is 16.0 Å². The SMILES string of the molecule is C=CC[C@H](CC(=O)N[C@H](CO)Cc1ccccc1)C(=O)N[C@H](COC(=O)[C@@H](CC=C)NC(=O)OCc1ccccc1)C(C)(C)C. The lowest BCUT2D eigenvalue weighted by molar-refractivity contribution is -0.148. The van der Waals surface area contributed by atoms with Crippen molar-refractivity contribution in [3.63, 3.8) is 0 Å². The van der Waals surface area contributed by atoms with Gasteiger partial charge in [0.05, 0.1) is 24.6 Å². The summed E-state index contributed by atoms with van der Waals surface area (Å²) >= 11 is 0. The van der Waals surface area contributed by atoms with Gasteiger partial charge < -0.3 is 30.5 Å². The number of benzene rings is 2. The summed E-state index contributed by atoms with van der Waals surface area (Å²) < 4.78 is 10.8. The number of alkyl carbamates (subject to hydrolysis) is 1. The van der Waals surface area contributed by atoms with Crippen molar-refractivity contribution in [1.29, 1.82) is 0 Å². The van der Waals surface area contributed by atoms with E-state index in [-0.39, 0.29) is 45.0 Å². The van der Waals surface area contributed by atoms with Crippen LogP contribution in [0, 0.1) is 11.3 Å². The van der Waals surface area contributed by atoms with E-state index in [1.807, 2.05) is 81.4 Å². The zero-order valence-corrected chi connectivity index (χ0v) is 26.5. The fourth-order valence-corrected chi connectivity index (χ4v) is 4.41. The smallest absolute Gasteiger partial charge is 0.408 e. The minimum atomic E-state index is -1.03. The maximum absolute atomic E-state index is 13.4. The second-order valence-electron chi connectivity index (χ2n) is 11.9. The largest absolute Gasteiger partial charge is 0.462 e. The molecule has 0 spiro atoms. The van der Waals surface area contributed by atoms with Gasteiger partial charge in [0.15, 0.2) is 0 Å². The van der Waals surface area contributed by atoms with Crippen molar-refractivity contribution in [1.82, 2.24) is 16.0 Å². The number of carbonyl (C=O) groups is 4. The van der Waals surface area contributed by atoms with Crippen molar-refractivity contribution >= 4 is 23.9 Å². The monoisotopic (exact) mass is 621 g/mol. The van der Waals surface area contributed by atoms with Crippen LogP contribution >= 0.6 is 0 Å². The quantitative estimate of drug-likeness (QED) is 0.144. The Morgan fingerprint density at radius 1 is 0.844 bits per heavy atom. The van der Waals surface area contributed by atoms with Crippen molar-refractivity contribution in [2.24, 2.45) is 11.3 Å². The van der Waals surface area contributed by atoms with Gasteiger partial charge in [0.1, 0.15) is 19.3 Å². The average molecular weight is 622 g/mol. The van der Waals surface area contributed by atoms with Crippen LogP contribution in [0.1, 0.15) is 51.2 Å². The molecule has 10 nitrogen and oxygen atoms in total. The second-order valence-corrected chi connectivity index (χ2v) is 11.9. The second kappa shape index (κ2) is 19.1. The van der Waals surface area contributed by atoms with Gasteiger partial charge in [-0.05, 0) is 35.8 Å². The van der Waals surface area contributed by atoms with Crippen LogP contribution in [0.3, 0.4) is 0 Å². The number of aliphatic hydroxyl groups is 1. The molecule has 2 aromatic carbocycles. The first-order valence-electron chi connectivity index (χ1n) is 15.1. The third-order valence-electron chi connectivity index (χ3n) is 7.11. The number of carbonyl (C=O) groups excluding carboxylic acids is 4. The van der Waals surface area contributed by atoms with Crippen molar-refractivity contribution in [2.75, 3.05) is 13.2 Å². The van der Waals surface area contributed by atoms with Crippen LogP contribution in [0.4, 0.5) is 4.79 Å². The third-order valence-corrected chi connectivity index (χ3v) is 7.11. The number of aliphatic hydroxyl groups excluding tert-OH is 1. The molecule has 0 saturated heterocycles. The molecule has 0 aliphatic carbocycles.